The summed E-state index contributed by atoms with van der Waals surface area (Å²) in [5.41, 5.74) is 6.13. The first kappa shape index (κ1) is 13.8. The zero-order valence-electron chi connectivity index (χ0n) is 13.1. The lowest BCUT2D eigenvalue weighted by Gasteiger charge is -2.35. The molecule has 1 aromatic rings. The van der Waals surface area contributed by atoms with Gasteiger partial charge >= 0.3 is 0 Å². The maximum atomic E-state index is 6.20. The average Bonchev–Trinajstić information content (AvgIpc) is 2.94. The molecule has 3 aliphatic rings. The van der Waals surface area contributed by atoms with Crippen molar-refractivity contribution in [3.8, 4) is 0 Å². The van der Waals surface area contributed by atoms with Gasteiger partial charge in [0.25, 0.3) is 0 Å². The summed E-state index contributed by atoms with van der Waals surface area (Å²) in [6.45, 7) is 4.18. The van der Waals surface area contributed by atoms with Gasteiger partial charge in [0.1, 0.15) is 11.5 Å². The Bertz CT molecular complexity index is 497. The van der Waals surface area contributed by atoms with Crippen LogP contribution in [0.15, 0.2) is 16.5 Å². The van der Waals surface area contributed by atoms with Gasteiger partial charge < -0.3 is 10.2 Å². The molecule has 0 amide bonds. The minimum atomic E-state index is 0.293. The predicted octanol–water partition coefficient (Wildman–Crippen LogP) is 3.67. The molecular weight excluding hydrogens is 260 g/mol. The summed E-state index contributed by atoms with van der Waals surface area (Å²) in [6, 6.07) is 5.43. The van der Waals surface area contributed by atoms with Gasteiger partial charge in [0.05, 0.1) is 6.04 Å². The van der Waals surface area contributed by atoms with Crippen molar-refractivity contribution in [3.05, 3.63) is 23.7 Å². The number of furan rings is 1. The van der Waals surface area contributed by atoms with E-state index in [1.54, 1.807) is 0 Å². The van der Waals surface area contributed by atoms with Gasteiger partial charge in [0, 0.05) is 18.5 Å². The second kappa shape index (κ2) is 5.44. The lowest BCUT2D eigenvalue weighted by Crippen LogP contribution is -2.40. The molecule has 1 aromatic heterocycles. The molecule has 21 heavy (non-hydrogen) atoms. The van der Waals surface area contributed by atoms with Gasteiger partial charge in [-0.25, -0.2) is 0 Å². The van der Waals surface area contributed by atoms with E-state index in [1.807, 2.05) is 0 Å². The summed E-state index contributed by atoms with van der Waals surface area (Å²) in [6.07, 6.45) is 8.23. The van der Waals surface area contributed by atoms with Crippen molar-refractivity contribution in [2.75, 3.05) is 13.1 Å². The number of fused-ring (bicyclic) bond motifs is 1. The molecule has 1 aliphatic heterocycles. The van der Waals surface area contributed by atoms with E-state index in [-0.39, 0.29) is 0 Å². The van der Waals surface area contributed by atoms with Crippen molar-refractivity contribution < 1.29 is 4.42 Å². The first-order valence-corrected chi connectivity index (χ1v) is 8.83. The van der Waals surface area contributed by atoms with Crippen LogP contribution in [0.4, 0.5) is 0 Å². The quantitative estimate of drug-likeness (QED) is 0.919. The van der Waals surface area contributed by atoms with Crippen LogP contribution >= 0.6 is 0 Å². The molecule has 4 rings (SSSR count). The Morgan fingerprint density at radius 1 is 1.29 bits per heavy atom. The molecule has 0 spiro atoms. The standard InChI is InChI=1S/C18H28N2O/c1-12-10-14(12)17-6-7-18(21-17)16(11-19)20-9-8-13-4-2-3-5-15(13)20/h6-7,12-16H,2-5,8-11,19H2,1H3. The molecular formula is C18H28N2O. The van der Waals surface area contributed by atoms with Crippen LogP contribution in [-0.2, 0) is 0 Å². The van der Waals surface area contributed by atoms with Crippen molar-refractivity contribution in [1.29, 1.82) is 0 Å². The minimum Gasteiger partial charge on any atom is -0.464 e. The highest BCUT2D eigenvalue weighted by Gasteiger charge is 2.41. The van der Waals surface area contributed by atoms with E-state index in [4.69, 9.17) is 10.2 Å². The van der Waals surface area contributed by atoms with E-state index >= 15 is 0 Å². The van der Waals surface area contributed by atoms with Crippen molar-refractivity contribution in [1.82, 2.24) is 4.90 Å². The molecule has 2 N–H and O–H groups in total. The second-order valence-electron chi connectivity index (χ2n) is 7.45. The fourth-order valence-electron chi connectivity index (χ4n) is 4.71. The van der Waals surface area contributed by atoms with E-state index in [0.717, 1.165) is 23.6 Å². The van der Waals surface area contributed by atoms with Crippen LogP contribution in [0.3, 0.4) is 0 Å². The molecule has 3 fully saturated rings. The predicted molar refractivity (Wildman–Crippen MR) is 84.1 cm³/mol. The summed E-state index contributed by atoms with van der Waals surface area (Å²) in [5.74, 6) is 4.67. The van der Waals surface area contributed by atoms with Gasteiger partial charge in [-0.1, -0.05) is 19.8 Å². The van der Waals surface area contributed by atoms with Gasteiger partial charge in [-0.2, -0.15) is 0 Å². The topological polar surface area (TPSA) is 42.4 Å². The van der Waals surface area contributed by atoms with Gasteiger partial charge in [-0.05, 0) is 56.2 Å². The Hall–Kier alpha value is -0.800. The Morgan fingerprint density at radius 2 is 2.10 bits per heavy atom. The van der Waals surface area contributed by atoms with Gasteiger partial charge in [-0.3, -0.25) is 4.90 Å². The number of likely N-dealkylation sites (tertiary alicyclic amines) is 1. The number of hydrogen-bond acceptors (Lipinski definition) is 3. The molecule has 2 heterocycles. The van der Waals surface area contributed by atoms with E-state index < -0.39 is 0 Å². The Balaban J connectivity index is 1.52. The molecule has 3 heteroatoms. The van der Waals surface area contributed by atoms with Crippen LogP contribution in [0.2, 0.25) is 0 Å². The molecule has 2 saturated carbocycles. The molecule has 0 bridgehead atoms. The van der Waals surface area contributed by atoms with Gasteiger partial charge in [0.2, 0.25) is 0 Å². The smallest absolute Gasteiger partial charge is 0.122 e. The number of hydrogen-bond donors (Lipinski definition) is 1. The highest BCUT2D eigenvalue weighted by molar-refractivity contribution is 5.20. The zero-order valence-corrected chi connectivity index (χ0v) is 13.1. The first-order chi connectivity index (χ1) is 10.3. The molecule has 2 aliphatic carbocycles. The summed E-state index contributed by atoms with van der Waals surface area (Å²) in [5, 5.41) is 0. The van der Waals surface area contributed by atoms with E-state index in [2.05, 4.69) is 24.0 Å². The van der Waals surface area contributed by atoms with Crippen LogP contribution in [0.25, 0.3) is 0 Å². The maximum Gasteiger partial charge on any atom is 0.122 e. The third-order valence-corrected chi connectivity index (χ3v) is 6.13. The molecule has 116 valence electrons. The SMILES string of the molecule is CC1CC1c1ccc(C(CN)N2CCC3CCCCC32)o1. The lowest BCUT2D eigenvalue weighted by molar-refractivity contribution is 0.121. The number of nitrogens with two attached hydrogens (primary N) is 1. The second-order valence-corrected chi connectivity index (χ2v) is 7.45. The number of nitrogens with zero attached hydrogens (tertiary/aromatic N) is 1. The highest BCUT2D eigenvalue weighted by Crippen LogP contribution is 2.48. The molecule has 1 saturated heterocycles. The summed E-state index contributed by atoms with van der Waals surface area (Å²) >= 11 is 0. The summed E-state index contributed by atoms with van der Waals surface area (Å²) < 4.78 is 6.20. The molecule has 0 radical (unpaired) electrons. The van der Waals surface area contributed by atoms with Crippen LogP contribution < -0.4 is 5.73 Å². The fraction of sp³-hybridized carbons (Fsp3) is 0.778. The third-order valence-electron chi connectivity index (χ3n) is 6.13. The van der Waals surface area contributed by atoms with Crippen LogP contribution in [0, 0.1) is 11.8 Å². The van der Waals surface area contributed by atoms with Crippen LogP contribution in [0.5, 0.6) is 0 Å². The van der Waals surface area contributed by atoms with Crippen LogP contribution in [-0.4, -0.2) is 24.0 Å². The van der Waals surface area contributed by atoms with Gasteiger partial charge in [-0.15, -0.1) is 0 Å². The number of rotatable bonds is 4. The van der Waals surface area contributed by atoms with E-state index in [9.17, 15) is 0 Å². The third kappa shape index (κ3) is 2.44. The van der Waals surface area contributed by atoms with E-state index in [0.29, 0.717) is 18.5 Å². The van der Waals surface area contributed by atoms with E-state index in [1.165, 1.54) is 50.8 Å². The van der Waals surface area contributed by atoms with Crippen LogP contribution in [0.1, 0.15) is 68.9 Å². The Labute approximate surface area is 127 Å². The Kier molecular flexibility index (Phi) is 3.58. The zero-order chi connectivity index (χ0) is 14.4. The average molecular weight is 288 g/mol. The minimum absolute atomic E-state index is 0.293. The van der Waals surface area contributed by atoms with Crippen molar-refractivity contribution >= 4 is 0 Å². The van der Waals surface area contributed by atoms with Gasteiger partial charge in [0.15, 0.2) is 0 Å². The normalized spacial score (nSPS) is 37.4. The maximum absolute atomic E-state index is 6.20. The molecule has 5 unspecified atom stereocenters. The summed E-state index contributed by atoms with van der Waals surface area (Å²) in [4.78, 5) is 2.66. The fourth-order valence-corrected chi connectivity index (χ4v) is 4.71. The Morgan fingerprint density at radius 3 is 2.86 bits per heavy atom. The first-order valence-electron chi connectivity index (χ1n) is 8.83. The lowest BCUT2D eigenvalue weighted by atomic mass is 9.85. The highest BCUT2D eigenvalue weighted by atomic mass is 16.3. The van der Waals surface area contributed by atoms with Crippen molar-refractivity contribution in [2.45, 2.75) is 63.5 Å². The van der Waals surface area contributed by atoms with Crippen molar-refractivity contribution in [2.24, 2.45) is 17.6 Å². The molecule has 0 aromatic carbocycles. The molecule has 5 atom stereocenters. The summed E-state index contributed by atoms with van der Waals surface area (Å²) in [7, 11) is 0. The monoisotopic (exact) mass is 288 g/mol. The van der Waals surface area contributed by atoms with Crippen molar-refractivity contribution in [3.63, 3.8) is 0 Å². The largest absolute Gasteiger partial charge is 0.464 e. The molecule has 3 nitrogen and oxygen atoms in total.